The first-order chi connectivity index (χ1) is 16.8. The van der Waals surface area contributed by atoms with Crippen LogP contribution in [0.5, 0.6) is 0 Å². The highest BCUT2D eigenvalue weighted by Gasteiger charge is 2.36. The highest BCUT2D eigenvalue weighted by atomic mass is 32.2. The van der Waals surface area contributed by atoms with Gasteiger partial charge >= 0.3 is 6.18 Å². The van der Waals surface area contributed by atoms with Crippen LogP contribution >= 0.6 is 11.3 Å². The number of nitrogens with zero attached hydrogens (tertiary/aromatic N) is 3. The van der Waals surface area contributed by atoms with Gasteiger partial charge in [0.05, 0.1) is 17.3 Å². The largest absolute Gasteiger partial charge is 0.416 e. The summed E-state index contributed by atoms with van der Waals surface area (Å²) in [5, 5.41) is 2.25. The number of thiophene rings is 1. The number of halogens is 3. The quantitative estimate of drug-likeness (QED) is 0.524. The summed E-state index contributed by atoms with van der Waals surface area (Å²) < 4.78 is 68.4. The summed E-state index contributed by atoms with van der Waals surface area (Å²) in [5.74, 6) is -0.418. The van der Waals surface area contributed by atoms with Crippen molar-refractivity contribution in [2.45, 2.75) is 44.8 Å². The number of aryl methyl sites for hydroxylation is 1. The van der Waals surface area contributed by atoms with Crippen LogP contribution in [0.4, 0.5) is 18.9 Å². The van der Waals surface area contributed by atoms with Crippen molar-refractivity contribution in [2.24, 2.45) is 11.8 Å². The fourth-order valence-corrected chi connectivity index (χ4v) is 7.94. The lowest BCUT2D eigenvalue weighted by Crippen LogP contribution is -2.42. The van der Waals surface area contributed by atoms with Gasteiger partial charge in [-0.2, -0.15) is 17.5 Å². The molecule has 1 fully saturated rings. The molecule has 1 N–H and O–H groups in total. The van der Waals surface area contributed by atoms with Crippen LogP contribution in [0.2, 0.25) is 0 Å². The molecule has 13 heteroatoms. The number of carbonyl (C=O) groups is 1. The second-order valence-electron chi connectivity index (χ2n) is 9.24. The molecule has 0 spiro atoms. The summed E-state index contributed by atoms with van der Waals surface area (Å²) in [6.45, 7) is 5.71. The van der Waals surface area contributed by atoms with Gasteiger partial charge in [-0.25, -0.2) is 13.4 Å². The van der Waals surface area contributed by atoms with E-state index in [1.54, 1.807) is 6.92 Å². The lowest BCUT2D eigenvalue weighted by molar-refractivity contribution is -0.137. The molecule has 0 unspecified atom stereocenters. The second kappa shape index (κ2) is 9.60. The van der Waals surface area contributed by atoms with E-state index in [-0.39, 0.29) is 32.6 Å². The molecule has 194 valence electrons. The normalized spacial score (nSPS) is 19.5. The van der Waals surface area contributed by atoms with Crippen LogP contribution in [0.15, 0.2) is 40.3 Å². The summed E-state index contributed by atoms with van der Waals surface area (Å²) in [4.78, 5) is 30.6. The molecule has 1 aromatic carbocycles. The highest BCUT2D eigenvalue weighted by Crippen LogP contribution is 2.35. The number of nitrogens with one attached hydrogen (secondary N) is 1. The second-order valence-corrected chi connectivity index (χ2v) is 12.3. The summed E-state index contributed by atoms with van der Waals surface area (Å²) >= 11 is 1.08. The summed E-state index contributed by atoms with van der Waals surface area (Å²) in [6.07, 6.45) is -2.53. The number of sulfonamides is 1. The van der Waals surface area contributed by atoms with Crippen molar-refractivity contribution in [3.8, 4) is 0 Å². The summed E-state index contributed by atoms with van der Waals surface area (Å²) in [5.41, 5.74) is -1.72. The van der Waals surface area contributed by atoms with Gasteiger partial charge in [-0.3, -0.25) is 14.2 Å². The number of alkyl halides is 3. The minimum absolute atomic E-state index is 0.0834. The van der Waals surface area contributed by atoms with Crippen LogP contribution in [0.1, 0.15) is 30.7 Å². The van der Waals surface area contributed by atoms with Crippen LogP contribution < -0.4 is 10.9 Å². The average Bonchev–Trinajstić information content (AvgIpc) is 3.12. The fourth-order valence-electron chi connectivity index (χ4n) is 4.60. The molecule has 4 rings (SSSR count). The van der Waals surface area contributed by atoms with E-state index < -0.39 is 39.8 Å². The predicted molar refractivity (Wildman–Crippen MR) is 130 cm³/mol. The van der Waals surface area contributed by atoms with Crippen LogP contribution in [-0.2, 0) is 27.5 Å². The predicted octanol–water partition coefficient (Wildman–Crippen LogP) is 4.09. The number of hydrogen-bond donors (Lipinski definition) is 1. The van der Waals surface area contributed by atoms with Crippen molar-refractivity contribution in [3.63, 3.8) is 0 Å². The molecule has 3 heterocycles. The molecular formula is C23H25F3N4O4S2. The number of hydrogen-bond acceptors (Lipinski definition) is 6. The van der Waals surface area contributed by atoms with E-state index in [1.807, 2.05) is 13.8 Å². The van der Waals surface area contributed by atoms with Gasteiger partial charge in [-0.05, 0) is 43.4 Å². The van der Waals surface area contributed by atoms with Crippen molar-refractivity contribution in [3.05, 3.63) is 51.4 Å². The molecule has 0 aliphatic carbocycles. The number of amides is 1. The summed E-state index contributed by atoms with van der Waals surface area (Å²) in [6, 6.07) is 4.12. The van der Waals surface area contributed by atoms with E-state index in [2.05, 4.69) is 10.3 Å². The lowest BCUT2D eigenvalue weighted by atomic mass is 9.94. The molecule has 2 aromatic heterocycles. The topological polar surface area (TPSA) is 101 Å². The molecule has 0 bridgehead atoms. The minimum atomic E-state index is -4.57. The zero-order valence-electron chi connectivity index (χ0n) is 19.8. The molecular weight excluding hydrogens is 517 g/mol. The summed E-state index contributed by atoms with van der Waals surface area (Å²) in [7, 11) is -3.99. The third-order valence-corrected chi connectivity index (χ3v) is 9.17. The monoisotopic (exact) mass is 542 g/mol. The van der Waals surface area contributed by atoms with Crippen LogP contribution in [0.25, 0.3) is 10.2 Å². The highest BCUT2D eigenvalue weighted by molar-refractivity contribution is 7.89. The fraction of sp³-hybridized carbons (Fsp3) is 0.435. The van der Waals surface area contributed by atoms with Crippen LogP contribution in [-0.4, -0.2) is 41.3 Å². The van der Waals surface area contributed by atoms with Gasteiger partial charge in [0.25, 0.3) is 5.56 Å². The molecule has 1 amide bonds. The van der Waals surface area contributed by atoms with Crippen LogP contribution in [0.3, 0.4) is 0 Å². The van der Waals surface area contributed by atoms with Crippen molar-refractivity contribution in [1.29, 1.82) is 0 Å². The first-order valence-corrected chi connectivity index (χ1v) is 13.5. The first-order valence-electron chi connectivity index (χ1n) is 11.2. The van der Waals surface area contributed by atoms with Gasteiger partial charge in [0.1, 0.15) is 16.3 Å². The molecule has 0 radical (unpaired) electrons. The Morgan fingerprint density at radius 1 is 1.22 bits per heavy atom. The minimum Gasteiger partial charge on any atom is -0.325 e. The lowest BCUT2D eigenvalue weighted by Gasteiger charge is -2.34. The number of benzene rings is 1. The molecule has 2 atom stereocenters. The number of anilines is 1. The Kier molecular flexibility index (Phi) is 7.01. The molecule has 36 heavy (non-hydrogen) atoms. The van der Waals surface area contributed by atoms with Crippen LogP contribution in [0, 0.1) is 18.8 Å². The van der Waals surface area contributed by atoms with Crippen molar-refractivity contribution >= 4 is 43.2 Å². The number of fused-ring (bicyclic) bond motifs is 1. The zero-order chi connectivity index (χ0) is 26.4. The van der Waals surface area contributed by atoms with Crippen molar-refractivity contribution < 1.29 is 26.4 Å². The third-order valence-electron chi connectivity index (χ3n) is 6.02. The standard InChI is InChI=1S/C23H25F3N4O4S2/c1-13-7-14(2)10-30(9-13)36(33,34)20-15(3)35-21-19(20)22(32)29(12-27-21)11-18(31)28-17-6-4-5-16(8-17)23(24,25)26/h4-6,8,12-14H,7,9-11H2,1-3H3,(H,28,31)/t13-,14-/m1/s1. The average molecular weight is 543 g/mol. The molecule has 0 saturated carbocycles. The van der Waals surface area contributed by atoms with Crippen molar-refractivity contribution in [2.75, 3.05) is 18.4 Å². The van der Waals surface area contributed by atoms with Gasteiger partial charge in [0, 0.05) is 23.7 Å². The number of rotatable bonds is 5. The van der Waals surface area contributed by atoms with Gasteiger partial charge < -0.3 is 5.32 Å². The number of piperidine rings is 1. The Bertz CT molecular complexity index is 1470. The number of aromatic nitrogens is 2. The smallest absolute Gasteiger partial charge is 0.325 e. The molecule has 1 saturated heterocycles. The van der Waals surface area contributed by atoms with Gasteiger partial charge in [0.2, 0.25) is 15.9 Å². The van der Waals surface area contributed by atoms with E-state index in [4.69, 9.17) is 0 Å². The van der Waals surface area contributed by atoms with E-state index in [9.17, 15) is 31.2 Å². The Balaban J connectivity index is 1.66. The van der Waals surface area contributed by atoms with Crippen molar-refractivity contribution in [1.82, 2.24) is 13.9 Å². The van der Waals surface area contributed by atoms with E-state index >= 15 is 0 Å². The molecule has 1 aliphatic heterocycles. The maximum absolute atomic E-state index is 13.6. The maximum Gasteiger partial charge on any atom is 0.416 e. The third kappa shape index (κ3) is 5.18. The Hall–Kier alpha value is -2.77. The van der Waals surface area contributed by atoms with Gasteiger partial charge in [-0.15, -0.1) is 11.3 Å². The van der Waals surface area contributed by atoms with Gasteiger partial charge in [0.15, 0.2) is 0 Å². The molecule has 1 aliphatic rings. The first kappa shape index (κ1) is 26.3. The van der Waals surface area contributed by atoms with E-state index in [1.165, 1.54) is 10.4 Å². The van der Waals surface area contributed by atoms with E-state index in [0.29, 0.717) is 18.0 Å². The zero-order valence-corrected chi connectivity index (χ0v) is 21.4. The SMILES string of the molecule is Cc1sc2ncn(CC(=O)Nc3cccc(C(F)(F)F)c3)c(=O)c2c1S(=O)(=O)N1C[C@H](C)C[C@@H](C)C1. The van der Waals surface area contributed by atoms with E-state index in [0.717, 1.165) is 46.9 Å². The number of carbonyl (C=O) groups excluding carboxylic acids is 1. The Morgan fingerprint density at radius 2 is 1.89 bits per heavy atom. The molecule has 3 aromatic rings. The molecule has 8 nitrogen and oxygen atoms in total. The Morgan fingerprint density at radius 3 is 2.53 bits per heavy atom. The van der Waals surface area contributed by atoms with Gasteiger partial charge in [-0.1, -0.05) is 19.9 Å². The maximum atomic E-state index is 13.6. The Labute approximate surface area is 209 Å².